The van der Waals surface area contributed by atoms with Gasteiger partial charge < -0.3 is 5.11 Å². The smallest absolute Gasteiger partial charge is 0.268 e. The number of nitrogens with one attached hydrogen (secondary N) is 1. The Morgan fingerprint density at radius 2 is 1.90 bits per heavy atom. The Balaban J connectivity index is 1.90. The first-order chi connectivity index (χ1) is 13.9. The quantitative estimate of drug-likeness (QED) is 0.284. The van der Waals surface area contributed by atoms with Crippen LogP contribution in [0.15, 0.2) is 78.0 Å². The average molecular weight is 428 g/mol. The molecule has 146 valence electrons. The zero-order valence-corrected chi connectivity index (χ0v) is 16.4. The zero-order chi connectivity index (χ0) is 20.6. The molecule has 2 aromatic heterocycles. The van der Waals surface area contributed by atoms with Gasteiger partial charge in [0.2, 0.25) is 5.78 Å². The number of H-pyrrole nitrogens is 1. The molecule has 0 aliphatic heterocycles. The van der Waals surface area contributed by atoms with Crippen molar-refractivity contribution in [2.75, 3.05) is 0 Å². The summed E-state index contributed by atoms with van der Waals surface area (Å²) in [7, 11) is -3.93. The molecule has 2 aromatic carbocycles. The number of aliphatic hydroxyl groups is 1. The molecule has 0 unspecified atom stereocenters. The zero-order valence-electron chi connectivity index (χ0n) is 14.8. The highest BCUT2D eigenvalue weighted by atomic mass is 35.5. The summed E-state index contributed by atoms with van der Waals surface area (Å²) in [6.45, 7) is 0. The minimum Gasteiger partial charge on any atom is -0.507 e. The third kappa shape index (κ3) is 3.43. The molecule has 7 nitrogen and oxygen atoms in total. The number of allylic oxidation sites excluding steroid dienone is 1. The molecule has 29 heavy (non-hydrogen) atoms. The number of rotatable bonds is 5. The lowest BCUT2D eigenvalue weighted by Gasteiger charge is -2.07. The van der Waals surface area contributed by atoms with Gasteiger partial charge in [-0.3, -0.25) is 9.89 Å². The first-order valence-corrected chi connectivity index (χ1v) is 10.3. The fourth-order valence-electron chi connectivity index (χ4n) is 2.95. The summed E-state index contributed by atoms with van der Waals surface area (Å²) in [6, 6.07) is 14.0. The monoisotopic (exact) mass is 427 g/mol. The van der Waals surface area contributed by atoms with Crippen LogP contribution in [0.2, 0.25) is 5.02 Å². The van der Waals surface area contributed by atoms with Gasteiger partial charge in [-0.05, 0) is 36.4 Å². The molecule has 2 N–H and O–H groups in total. The van der Waals surface area contributed by atoms with Crippen LogP contribution in [0.1, 0.15) is 16.1 Å². The summed E-state index contributed by atoms with van der Waals surface area (Å²) in [5.74, 6) is -0.896. The van der Waals surface area contributed by atoms with E-state index in [2.05, 4.69) is 10.2 Å². The molecule has 0 bridgehead atoms. The molecule has 0 atom stereocenters. The second kappa shape index (κ2) is 7.23. The Hall–Kier alpha value is -3.36. The van der Waals surface area contributed by atoms with E-state index in [1.54, 1.807) is 30.3 Å². The van der Waals surface area contributed by atoms with Gasteiger partial charge in [0.1, 0.15) is 11.5 Å². The molecule has 4 rings (SSSR count). The maximum atomic E-state index is 13.1. The van der Waals surface area contributed by atoms with Gasteiger partial charge in [-0.15, -0.1) is 0 Å². The minimum atomic E-state index is -3.93. The molecule has 0 saturated heterocycles. The van der Waals surface area contributed by atoms with Crippen molar-refractivity contribution in [3.05, 3.63) is 89.3 Å². The number of benzene rings is 2. The van der Waals surface area contributed by atoms with Crippen molar-refractivity contribution in [1.82, 2.24) is 14.2 Å². The Labute approximate surface area is 170 Å². The van der Waals surface area contributed by atoms with Crippen LogP contribution in [-0.4, -0.2) is 33.5 Å². The average Bonchev–Trinajstić information content (AvgIpc) is 3.37. The van der Waals surface area contributed by atoms with E-state index in [9.17, 15) is 18.3 Å². The summed E-state index contributed by atoms with van der Waals surface area (Å²) < 4.78 is 27.3. The second-order valence-corrected chi connectivity index (χ2v) is 8.43. The van der Waals surface area contributed by atoms with Gasteiger partial charge in [-0.25, -0.2) is 12.4 Å². The van der Waals surface area contributed by atoms with Crippen LogP contribution in [0.5, 0.6) is 0 Å². The van der Waals surface area contributed by atoms with Gasteiger partial charge in [0, 0.05) is 34.4 Å². The van der Waals surface area contributed by atoms with Gasteiger partial charge in [0.25, 0.3) is 10.0 Å². The lowest BCUT2D eigenvalue weighted by atomic mass is 10.1. The van der Waals surface area contributed by atoms with Crippen LogP contribution in [0.25, 0.3) is 16.7 Å². The largest absolute Gasteiger partial charge is 0.507 e. The number of carbonyl (C=O) groups is 1. The molecule has 0 spiro atoms. The molecule has 0 saturated carbocycles. The molecular formula is C20H14ClN3O4S. The molecular weight excluding hydrogens is 414 g/mol. The maximum Gasteiger partial charge on any atom is 0.268 e. The van der Waals surface area contributed by atoms with Crippen molar-refractivity contribution in [2.24, 2.45) is 0 Å². The van der Waals surface area contributed by atoms with Crippen molar-refractivity contribution in [1.29, 1.82) is 0 Å². The fourth-order valence-corrected chi connectivity index (χ4v) is 4.52. The number of fused-ring (bicyclic) bond motifs is 1. The molecule has 2 heterocycles. The normalized spacial score (nSPS) is 12.4. The van der Waals surface area contributed by atoms with E-state index in [-0.39, 0.29) is 21.9 Å². The highest BCUT2D eigenvalue weighted by Gasteiger charge is 2.23. The van der Waals surface area contributed by atoms with Crippen molar-refractivity contribution in [2.45, 2.75) is 4.90 Å². The first-order valence-electron chi connectivity index (χ1n) is 8.44. The van der Waals surface area contributed by atoms with Crippen molar-refractivity contribution in [3.63, 3.8) is 0 Å². The molecule has 0 amide bonds. The first kappa shape index (κ1) is 19.0. The standard InChI is InChI=1S/C20H14ClN3O4S/c21-13-6-7-18-15(10-13)16(19(25)11-20(26)17-8-9-22-23-17)12-24(18)29(27,28)14-4-2-1-3-5-14/h1-12,25H,(H,22,23)/b19-11+. The van der Waals surface area contributed by atoms with Gasteiger partial charge in [-0.1, -0.05) is 29.8 Å². The number of aromatic amines is 1. The Morgan fingerprint density at radius 1 is 1.14 bits per heavy atom. The number of ketones is 1. The highest BCUT2D eigenvalue weighted by Crippen LogP contribution is 2.31. The fraction of sp³-hybridized carbons (Fsp3) is 0. The number of hydrogen-bond donors (Lipinski definition) is 2. The summed E-state index contributed by atoms with van der Waals surface area (Å²) in [5, 5.41) is 17.5. The van der Waals surface area contributed by atoms with Crippen LogP contribution >= 0.6 is 11.6 Å². The number of halogens is 1. The third-order valence-electron chi connectivity index (χ3n) is 4.34. The lowest BCUT2D eigenvalue weighted by molar-refractivity contribution is 0.104. The van der Waals surface area contributed by atoms with E-state index in [0.717, 1.165) is 10.0 Å². The van der Waals surface area contributed by atoms with Crippen LogP contribution in [-0.2, 0) is 10.0 Å². The van der Waals surface area contributed by atoms with Crippen molar-refractivity contribution in [3.8, 4) is 0 Å². The summed E-state index contributed by atoms with van der Waals surface area (Å²) in [6.07, 6.45) is 3.69. The Morgan fingerprint density at radius 3 is 2.59 bits per heavy atom. The number of aromatic nitrogens is 3. The van der Waals surface area contributed by atoms with Crippen LogP contribution < -0.4 is 0 Å². The third-order valence-corrected chi connectivity index (χ3v) is 6.27. The molecule has 9 heteroatoms. The van der Waals surface area contributed by atoms with E-state index in [1.807, 2.05) is 0 Å². The van der Waals surface area contributed by atoms with E-state index >= 15 is 0 Å². The van der Waals surface area contributed by atoms with E-state index in [0.29, 0.717) is 15.9 Å². The van der Waals surface area contributed by atoms with E-state index < -0.39 is 15.8 Å². The van der Waals surface area contributed by atoms with Gasteiger partial charge in [-0.2, -0.15) is 5.10 Å². The van der Waals surface area contributed by atoms with Crippen molar-refractivity contribution >= 4 is 44.1 Å². The topological polar surface area (TPSA) is 105 Å². The molecule has 0 aliphatic carbocycles. The maximum absolute atomic E-state index is 13.1. The van der Waals surface area contributed by atoms with E-state index in [4.69, 9.17) is 11.6 Å². The number of aliphatic hydroxyl groups excluding tert-OH is 1. The van der Waals surface area contributed by atoms with Crippen LogP contribution in [0, 0.1) is 0 Å². The van der Waals surface area contributed by atoms with E-state index in [1.165, 1.54) is 36.7 Å². The predicted octanol–water partition coefficient (Wildman–Crippen LogP) is 4.04. The van der Waals surface area contributed by atoms with Crippen LogP contribution in [0.3, 0.4) is 0 Å². The SMILES string of the molecule is O=C(/C=C(/O)c1cn(S(=O)(=O)c2ccccc2)c2ccc(Cl)cc12)c1ccn[nH]1. The number of carbonyl (C=O) groups excluding carboxylic acids is 1. The lowest BCUT2D eigenvalue weighted by Crippen LogP contribution is -2.11. The summed E-state index contributed by atoms with van der Waals surface area (Å²) >= 11 is 6.08. The number of hydrogen-bond acceptors (Lipinski definition) is 5. The second-order valence-electron chi connectivity index (χ2n) is 6.18. The molecule has 0 fully saturated rings. The van der Waals surface area contributed by atoms with Gasteiger partial charge in [0.15, 0.2) is 0 Å². The van der Waals surface area contributed by atoms with Gasteiger partial charge in [0.05, 0.1) is 10.4 Å². The summed E-state index contributed by atoms with van der Waals surface area (Å²) in [4.78, 5) is 12.4. The molecule has 0 radical (unpaired) electrons. The Kier molecular flexibility index (Phi) is 4.73. The minimum absolute atomic E-state index is 0.0930. The Bertz CT molecular complexity index is 1340. The highest BCUT2D eigenvalue weighted by molar-refractivity contribution is 7.90. The summed E-state index contributed by atoms with van der Waals surface area (Å²) in [5.41, 5.74) is 0.673. The van der Waals surface area contributed by atoms with Crippen LogP contribution in [0.4, 0.5) is 0 Å². The predicted molar refractivity (Wildman–Crippen MR) is 109 cm³/mol. The number of nitrogens with zero attached hydrogens (tertiary/aromatic N) is 2. The molecule has 4 aromatic rings. The molecule has 0 aliphatic rings. The van der Waals surface area contributed by atoms with Gasteiger partial charge >= 0.3 is 0 Å². The van der Waals surface area contributed by atoms with Crippen molar-refractivity contribution < 1.29 is 18.3 Å².